The standard InChI is InChI=1S/C21H23IN8/c1-13-4-3-5-14-10-15(20(26-17(13)14)29-8-6-28(2)7-9-29)11-30-21-16(18(22)27-30)19(23)24-12-25-21/h3-5,10,12H,6-9,11H2,1-2H3,(H2,23,24,25). The number of fused-ring (bicyclic) bond motifs is 2. The van der Waals surface area contributed by atoms with Gasteiger partial charge in [0, 0.05) is 37.1 Å². The van der Waals surface area contributed by atoms with E-state index in [0.29, 0.717) is 12.4 Å². The van der Waals surface area contributed by atoms with Gasteiger partial charge in [-0.3, -0.25) is 0 Å². The average Bonchev–Trinajstić information content (AvgIpc) is 3.05. The zero-order valence-corrected chi connectivity index (χ0v) is 19.2. The quantitative estimate of drug-likeness (QED) is 0.421. The van der Waals surface area contributed by atoms with E-state index in [4.69, 9.17) is 15.8 Å². The van der Waals surface area contributed by atoms with Gasteiger partial charge in [0.2, 0.25) is 0 Å². The van der Waals surface area contributed by atoms with Crippen molar-refractivity contribution >= 4 is 56.2 Å². The summed E-state index contributed by atoms with van der Waals surface area (Å²) in [6.45, 7) is 6.67. The van der Waals surface area contributed by atoms with E-state index in [1.165, 1.54) is 11.9 Å². The molecule has 2 N–H and O–H groups in total. The summed E-state index contributed by atoms with van der Waals surface area (Å²) in [7, 11) is 2.16. The lowest BCUT2D eigenvalue weighted by atomic mass is 10.1. The van der Waals surface area contributed by atoms with Gasteiger partial charge in [-0.25, -0.2) is 19.6 Å². The molecule has 1 saturated heterocycles. The minimum Gasteiger partial charge on any atom is -0.383 e. The third-order valence-corrected chi connectivity index (χ3v) is 6.50. The van der Waals surface area contributed by atoms with Gasteiger partial charge in [-0.15, -0.1) is 0 Å². The van der Waals surface area contributed by atoms with Crippen LogP contribution in [0.4, 0.5) is 11.6 Å². The van der Waals surface area contributed by atoms with E-state index in [1.807, 2.05) is 4.68 Å². The number of hydrogen-bond donors (Lipinski definition) is 1. The van der Waals surface area contributed by atoms with Crippen LogP contribution in [0.25, 0.3) is 21.9 Å². The molecule has 0 atom stereocenters. The van der Waals surface area contributed by atoms with Crippen molar-refractivity contribution in [2.24, 2.45) is 0 Å². The molecule has 1 aliphatic rings. The van der Waals surface area contributed by atoms with Crippen molar-refractivity contribution in [3.05, 3.63) is 45.4 Å². The maximum Gasteiger partial charge on any atom is 0.164 e. The van der Waals surface area contributed by atoms with E-state index < -0.39 is 0 Å². The van der Waals surface area contributed by atoms with Crippen LogP contribution in [0.3, 0.4) is 0 Å². The second-order valence-corrected chi connectivity index (χ2v) is 8.84. The molecule has 8 nitrogen and oxygen atoms in total. The first-order valence-electron chi connectivity index (χ1n) is 9.96. The molecule has 1 aromatic carbocycles. The Morgan fingerprint density at radius 3 is 2.73 bits per heavy atom. The van der Waals surface area contributed by atoms with Crippen LogP contribution in [-0.2, 0) is 6.54 Å². The van der Waals surface area contributed by atoms with E-state index in [9.17, 15) is 0 Å². The molecule has 3 aromatic heterocycles. The Hall–Kier alpha value is -2.53. The van der Waals surface area contributed by atoms with Crippen LogP contribution in [0, 0.1) is 10.6 Å². The van der Waals surface area contributed by atoms with Crippen LogP contribution >= 0.6 is 22.6 Å². The average molecular weight is 514 g/mol. The highest BCUT2D eigenvalue weighted by Gasteiger charge is 2.21. The molecule has 4 heterocycles. The summed E-state index contributed by atoms with van der Waals surface area (Å²) >= 11 is 2.20. The molecule has 9 heteroatoms. The number of nitrogens with zero attached hydrogens (tertiary/aromatic N) is 7. The molecule has 1 aliphatic heterocycles. The number of pyridine rings is 1. The van der Waals surface area contributed by atoms with Crippen LogP contribution in [0.1, 0.15) is 11.1 Å². The van der Waals surface area contributed by atoms with Gasteiger partial charge < -0.3 is 15.5 Å². The summed E-state index contributed by atoms with van der Waals surface area (Å²) in [5.74, 6) is 1.49. The summed E-state index contributed by atoms with van der Waals surface area (Å²) < 4.78 is 2.72. The molecule has 0 unspecified atom stereocenters. The summed E-state index contributed by atoms with van der Waals surface area (Å²) in [6.07, 6.45) is 1.50. The van der Waals surface area contributed by atoms with Gasteiger partial charge in [0.25, 0.3) is 0 Å². The minimum atomic E-state index is 0.460. The number of para-hydroxylation sites is 1. The lowest BCUT2D eigenvalue weighted by Gasteiger charge is -2.34. The van der Waals surface area contributed by atoms with E-state index >= 15 is 0 Å². The lowest BCUT2D eigenvalue weighted by molar-refractivity contribution is 0.312. The Kier molecular flexibility index (Phi) is 4.94. The van der Waals surface area contributed by atoms with Crippen molar-refractivity contribution in [3.8, 4) is 0 Å². The van der Waals surface area contributed by atoms with Gasteiger partial charge in [-0.2, -0.15) is 5.10 Å². The highest BCUT2D eigenvalue weighted by Crippen LogP contribution is 2.29. The Labute approximate surface area is 188 Å². The fourth-order valence-corrected chi connectivity index (χ4v) is 4.83. The smallest absolute Gasteiger partial charge is 0.164 e. The van der Waals surface area contributed by atoms with Crippen LogP contribution in [0.15, 0.2) is 30.6 Å². The molecule has 0 bridgehead atoms. The number of nitrogens with two attached hydrogens (primary N) is 1. The zero-order valence-electron chi connectivity index (χ0n) is 17.0. The lowest BCUT2D eigenvalue weighted by Crippen LogP contribution is -2.45. The predicted molar refractivity (Wildman–Crippen MR) is 128 cm³/mol. The van der Waals surface area contributed by atoms with Crippen LogP contribution in [0.2, 0.25) is 0 Å². The molecular formula is C21H23IN8. The van der Waals surface area contributed by atoms with Crippen LogP contribution in [0.5, 0.6) is 0 Å². The van der Waals surface area contributed by atoms with Gasteiger partial charge in [0.05, 0.1) is 17.4 Å². The predicted octanol–water partition coefficient (Wildman–Crippen LogP) is 2.67. The maximum atomic E-state index is 6.08. The van der Waals surface area contributed by atoms with Gasteiger partial charge in [0.15, 0.2) is 5.65 Å². The molecule has 0 radical (unpaired) electrons. The Morgan fingerprint density at radius 2 is 1.93 bits per heavy atom. The number of likely N-dealkylation sites (N-methyl/N-ethyl adjacent to an activating group) is 1. The summed E-state index contributed by atoms with van der Waals surface area (Å²) in [6, 6.07) is 8.57. The third kappa shape index (κ3) is 3.35. The molecule has 4 aromatic rings. The molecule has 1 fully saturated rings. The Morgan fingerprint density at radius 1 is 1.13 bits per heavy atom. The van der Waals surface area contributed by atoms with E-state index in [2.05, 4.69) is 80.6 Å². The van der Waals surface area contributed by atoms with E-state index in [1.54, 1.807) is 0 Å². The van der Waals surface area contributed by atoms with Crippen molar-refractivity contribution in [1.82, 2.24) is 29.6 Å². The first-order chi connectivity index (χ1) is 14.5. The highest BCUT2D eigenvalue weighted by atomic mass is 127. The highest BCUT2D eigenvalue weighted by molar-refractivity contribution is 14.1. The molecule has 0 aliphatic carbocycles. The second kappa shape index (κ2) is 7.62. The van der Waals surface area contributed by atoms with Crippen LogP contribution in [-0.4, -0.2) is 62.9 Å². The van der Waals surface area contributed by atoms with Crippen molar-refractivity contribution < 1.29 is 0 Å². The summed E-state index contributed by atoms with van der Waals surface area (Å²) in [4.78, 5) is 18.4. The third-order valence-electron chi connectivity index (χ3n) is 5.74. The largest absolute Gasteiger partial charge is 0.383 e. The number of piperazine rings is 1. The van der Waals surface area contributed by atoms with Crippen molar-refractivity contribution in [1.29, 1.82) is 0 Å². The van der Waals surface area contributed by atoms with Gasteiger partial charge in [-0.1, -0.05) is 18.2 Å². The SMILES string of the molecule is Cc1cccc2cc(Cn3nc(I)c4c(N)ncnc43)c(N3CCN(C)CC3)nc12. The maximum absolute atomic E-state index is 6.08. The monoisotopic (exact) mass is 514 g/mol. The second-order valence-electron chi connectivity index (χ2n) is 7.81. The number of hydrogen-bond acceptors (Lipinski definition) is 7. The van der Waals surface area contributed by atoms with Crippen molar-refractivity contribution in [2.75, 3.05) is 43.9 Å². The molecule has 154 valence electrons. The zero-order chi connectivity index (χ0) is 20.8. The number of benzene rings is 1. The van der Waals surface area contributed by atoms with Crippen molar-refractivity contribution in [2.45, 2.75) is 13.5 Å². The normalized spacial score (nSPS) is 15.4. The molecule has 0 saturated carbocycles. The summed E-state index contributed by atoms with van der Waals surface area (Å²) in [5.41, 5.74) is 10.2. The van der Waals surface area contributed by atoms with Crippen LogP contribution < -0.4 is 10.6 Å². The number of halogens is 1. The number of anilines is 2. The summed E-state index contributed by atoms with van der Waals surface area (Å²) in [5, 5.41) is 6.66. The molecule has 5 rings (SSSR count). The Balaban J connectivity index is 1.64. The molecular weight excluding hydrogens is 491 g/mol. The number of aromatic nitrogens is 5. The van der Waals surface area contributed by atoms with E-state index in [0.717, 1.165) is 63.2 Å². The minimum absolute atomic E-state index is 0.460. The number of aryl methyl sites for hydroxylation is 1. The fraction of sp³-hybridized carbons (Fsp3) is 0.333. The van der Waals surface area contributed by atoms with Gasteiger partial charge in [0.1, 0.15) is 21.7 Å². The molecule has 0 amide bonds. The molecule has 0 spiro atoms. The number of nitrogen functional groups attached to an aromatic ring is 1. The topological polar surface area (TPSA) is 89.0 Å². The first-order valence-corrected chi connectivity index (χ1v) is 11.0. The van der Waals surface area contributed by atoms with Gasteiger partial charge >= 0.3 is 0 Å². The van der Waals surface area contributed by atoms with Gasteiger partial charge in [-0.05, 0) is 48.2 Å². The molecule has 30 heavy (non-hydrogen) atoms. The van der Waals surface area contributed by atoms with E-state index in [-0.39, 0.29) is 0 Å². The Bertz CT molecular complexity index is 1240. The fourth-order valence-electron chi connectivity index (χ4n) is 4.05. The first kappa shape index (κ1) is 19.4. The number of rotatable bonds is 3. The van der Waals surface area contributed by atoms with Crippen molar-refractivity contribution in [3.63, 3.8) is 0 Å².